The number of benzene rings is 2. The summed E-state index contributed by atoms with van der Waals surface area (Å²) in [7, 11) is -2.38. The summed E-state index contributed by atoms with van der Waals surface area (Å²) in [6.45, 7) is 5.41. The fraction of sp³-hybridized carbons (Fsp3) is 0.250. The van der Waals surface area contributed by atoms with Crippen molar-refractivity contribution in [3.63, 3.8) is 0 Å². The van der Waals surface area contributed by atoms with Gasteiger partial charge in [-0.05, 0) is 11.6 Å². The Kier molecular flexibility index (Phi) is 5.89. The minimum Gasteiger partial charge on any atom is -0.426 e. The van der Waals surface area contributed by atoms with Crippen LogP contribution in [0.1, 0.15) is 0 Å². The van der Waals surface area contributed by atoms with Crippen molar-refractivity contribution in [1.82, 2.24) is 14.7 Å². The van der Waals surface area contributed by atoms with E-state index in [-0.39, 0.29) is 11.6 Å². The van der Waals surface area contributed by atoms with Crippen LogP contribution in [0.25, 0.3) is 11.1 Å². The molecule has 33 heavy (non-hydrogen) atoms. The number of rotatable bonds is 6. The SMILES string of the molecule is O=C1C=C(N2CC2)C(=O)C(N2CC2)=C1N1CC1.OP(O)Oc1ccccc1-c1ccccc1. The third-order valence-corrected chi connectivity index (χ3v) is 6.00. The molecule has 4 aliphatic rings. The van der Waals surface area contributed by atoms with Crippen LogP contribution in [0.5, 0.6) is 5.75 Å². The number of allylic oxidation sites excluding steroid dienone is 1. The highest BCUT2D eigenvalue weighted by Crippen LogP contribution is 2.37. The van der Waals surface area contributed by atoms with Gasteiger partial charge < -0.3 is 29.0 Å². The van der Waals surface area contributed by atoms with Crippen LogP contribution in [0.2, 0.25) is 0 Å². The van der Waals surface area contributed by atoms with E-state index in [1.165, 1.54) is 6.08 Å². The molecule has 2 N–H and O–H groups in total. The van der Waals surface area contributed by atoms with Crippen molar-refractivity contribution in [3.8, 4) is 16.9 Å². The molecular formula is C24H24N3O5P. The van der Waals surface area contributed by atoms with Gasteiger partial charge in [0, 0.05) is 50.9 Å². The number of hydrogen-bond acceptors (Lipinski definition) is 8. The van der Waals surface area contributed by atoms with Gasteiger partial charge in [-0.15, -0.1) is 0 Å². The molecule has 3 fully saturated rings. The molecule has 1 aliphatic carbocycles. The predicted molar refractivity (Wildman–Crippen MR) is 124 cm³/mol. The monoisotopic (exact) mass is 465 g/mol. The normalized spacial score (nSPS) is 18.8. The third-order valence-electron chi connectivity index (χ3n) is 5.64. The van der Waals surface area contributed by atoms with Gasteiger partial charge in [-0.2, -0.15) is 0 Å². The maximum absolute atomic E-state index is 12.4. The molecule has 170 valence electrons. The number of carbonyl (C=O) groups is 2. The van der Waals surface area contributed by atoms with Crippen molar-refractivity contribution in [3.05, 3.63) is 77.8 Å². The van der Waals surface area contributed by atoms with Gasteiger partial charge in [0.15, 0.2) is 0 Å². The molecule has 0 bridgehead atoms. The van der Waals surface area contributed by atoms with E-state index in [0.717, 1.165) is 50.4 Å². The quantitative estimate of drug-likeness (QED) is 0.381. The van der Waals surface area contributed by atoms with Gasteiger partial charge in [0.2, 0.25) is 11.6 Å². The topological polar surface area (TPSA) is 92.9 Å². The minimum atomic E-state index is -2.38. The number of nitrogens with zero attached hydrogens (tertiary/aromatic N) is 3. The largest absolute Gasteiger partial charge is 0.426 e. The van der Waals surface area contributed by atoms with Crippen LogP contribution in [0, 0.1) is 0 Å². The first-order chi connectivity index (χ1) is 16.0. The molecule has 0 saturated carbocycles. The van der Waals surface area contributed by atoms with Gasteiger partial charge in [-0.1, -0.05) is 48.5 Å². The second kappa shape index (κ2) is 8.98. The third kappa shape index (κ3) is 4.93. The Morgan fingerprint density at radius 2 is 1.30 bits per heavy atom. The Morgan fingerprint density at radius 1 is 0.727 bits per heavy atom. The van der Waals surface area contributed by atoms with Crippen LogP contribution in [0.4, 0.5) is 0 Å². The van der Waals surface area contributed by atoms with Gasteiger partial charge in [-0.3, -0.25) is 9.59 Å². The molecule has 0 atom stereocenters. The van der Waals surface area contributed by atoms with E-state index < -0.39 is 8.60 Å². The lowest BCUT2D eigenvalue weighted by atomic mass is 10.0. The molecule has 6 rings (SSSR count). The molecule has 3 heterocycles. The first-order valence-corrected chi connectivity index (χ1v) is 12.0. The summed E-state index contributed by atoms with van der Waals surface area (Å²) in [4.78, 5) is 48.2. The van der Waals surface area contributed by atoms with Crippen molar-refractivity contribution >= 4 is 20.2 Å². The van der Waals surface area contributed by atoms with Crippen molar-refractivity contribution in [2.75, 3.05) is 39.3 Å². The van der Waals surface area contributed by atoms with Crippen LogP contribution in [-0.2, 0) is 9.59 Å². The summed E-state index contributed by atoms with van der Waals surface area (Å²) in [5, 5.41) is 0. The lowest BCUT2D eigenvalue weighted by Crippen LogP contribution is -2.29. The molecule has 3 aliphatic heterocycles. The summed E-state index contributed by atoms with van der Waals surface area (Å²) in [6.07, 6.45) is 1.52. The zero-order chi connectivity index (χ0) is 22.9. The van der Waals surface area contributed by atoms with E-state index in [1.54, 1.807) is 12.1 Å². The van der Waals surface area contributed by atoms with E-state index >= 15 is 0 Å². The fourth-order valence-electron chi connectivity index (χ4n) is 3.77. The Bertz CT molecular complexity index is 1140. The van der Waals surface area contributed by atoms with E-state index in [1.807, 2.05) is 57.2 Å². The lowest BCUT2D eigenvalue weighted by molar-refractivity contribution is -0.117. The zero-order valence-electron chi connectivity index (χ0n) is 17.9. The Morgan fingerprint density at radius 3 is 1.91 bits per heavy atom. The van der Waals surface area contributed by atoms with Crippen molar-refractivity contribution in [1.29, 1.82) is 0 Å². The van der Waals surface area contributed by atoms with Crippen LogP contribution in [0.15, 0.2) is 77.8 Å². The van der Waals surface area contributed by atoms with Crippen molar-refractivity contribution in [2.45, 2.75) is 0 Å². The van der Waals surface area contributed by atoms with Crippen LogP contribution < -0.4 is 4.52 Å². The Hall–Kier alpha value is -3.19. The summed E-state index contributed by atoms with van der Waals surface area (Å²) in [5.74, 6) is 0.525. The minimum absolute atomic E-state index is 0.00546. The molecule has 3 saturated heterocycles. The average Bonchev–Trinajstić information content (AvgIpc) is 3.64. The summed E-state index contributed by atoms with van der Waals surface area (Å²) in [5.41, 5.74) is 3.71. The second-order valence-electron chi connectivity index (χ2n) is 8.09. The lowest BCUT2D eigenvalue weighted by Gasteiger charge is -2.21. The van der Waals surface area contributed by atoms with Gasteiger partial charge in [0.05, 0.1) is 5.70 Å². The van der Waals surface area contributed by atoms with Gasteiger partial charge >= 0.3 is 8.60 Å². The van der Waals surface area contributed by atoms with Gasteiger partial charge in [-0.25, -0.2) is 0 Å². The zero-order valence-corrected chi connectivity index (χ0v) is 18.8. The highest BCUT2D eigenvalue weighted by molar-refractivity contribution is 7.39. The highest BCUT2D eigenvalue weighted by atomic mass is 31.2. The van der Waals surface area contributed by atoms with Crippen molar-refractivity contribution in [2.24, 2.45) is 0 Å². The molecule has 0 aromatic heterocycles. The molecule has 0 amide bonds. The van der Waals surface area contributed by atoms with E-state index in [4.69, 9.17) is 14.3 Å². The van der Waals surface area contributed by atoms with Crippen LogP contribution >= 0.6 is 8.60 Å². The molecule has 0 unspecified atom stereocenters. The number of para-hydroxylation sites is 1. The van der Waals surface area contributed by atoms with E-state index in [2.05, 4.69) is 0 Å². The summed E-state index contributed by atoms with van der Waals surface area (Å²) in [6, 6.07) is 16.9. The number of ketones is 2. The van der Waals surface area contributed by atoms with Gasteiger partial charge in [0.25, 0.3) is 0 Å². The second-order valence-corrected chi connectivity index (χ2v) is 8.78. The van der Waals surface area contributed by atoms with Crippen LogP contribution in [-0.4, -0.2) is 75.3 Å². The Balaban J connectivity index is 0.000000139. The molecular weight excluding hydrogens is 441 g/mol. The maximum Gasteiger partial charge on any atom is 0.391 e. The van der Waals surface area contributed by atoms with Crippen LogP contribution in [0.3, 0.4) is 0 Å². The number of carbonyl (C=O) groups excluding carboxylic acids is 2. The smallest absolute Gasteiger partial charge is 0.391 e. The number of hydrogen-bond donors (Lipinski definition) is 2. The molecule has 0 spiro atoms. The first-order valence-electron chi connectivity index (χ1n) is 10.8. The summed E-state index contributed by atoms with van der Waals surface area (Å²) < 4.78 is 4.98. The molecule has 9 heteroatoms. The van der Waals surface area contributed by atoms with Crippen molar-refractivity contribution < 1.29 is 23.9 Å². The summed E-state index contributed by atoms with van der Waals surface area (Å²) >= 11 is 0. The van der Waals surface area contributed by atoms with Gasteiger partial charge in [0.1, 0.15) is 17.1 Å². The predicted octanol–water partition coefficient (Wildman–Crippen LogP) is 2.12. The molecule has 2 aromatic rings. The fourth-order valence-corrected chi connectivity index (χ4v) is 4.10. The first kappa shape index (κ1) is 21.6. The maximum atomic E-state index is 12.4. The van der Waals surface area contributed by atoms with E-state index in [9.17, 15) is 9.59 Å². The molecule has 2 aromatic carbocycles. The van der Waals surface area contributed by atoms with E-state index in [0.29, 0.717) is 22.8 Å². The molecule has 0 radical (unpaired) electrons. The highest BCUT2D eigenvalue weighted by Gasteiger charge is 2.43. The standard InChI is InChI=1S/C12H13N3O2.C12H11O3P/c16-9-7-8(13-1-2-13)12(17)11(15-5-6-15)10(9)14-3-4-14;13-16(14)15-12-9-5-4-8-11(12)10-6-2-1-3-7-10/h7H,1-6H2;1-9,13-14H. The average molecular weight is 465 g/mol. The molecule has 8 nitrogen and oxygen atoms in total. The Labute approximate surface area is 193 Å². The number of Topliss-reactive ketones (excluding diaryl/α,β-unsaturated/α-hetero) is 1.